The number of hydrogen-bond donors (Lipinski definition) is 2. The van der Waals surface area contributed by atoms with Crippen molar-refractivity contribution in [2.24, 2.45) is 0 Å². The molecule has 0 saturated heterocycles. The Labute approximate surface area is 115 Å². The van der Waals surface area contributed by atoms with E-state index in [1.165, 1.54) is 18.2 Å². The highest BCUT2D eigenvalue weighted by Gasteiger charge is 2.18. The lowest BCUT2D eigenvalue weighted by Crippen LogP contribution is -2.12. The van der Waals surface area contributed by atoms with Crippen molar-refractivity contribution in [3.05, 3.63) is 41.0 Å². The monoisotopic (exact) mass is 300 g/mol. The van der Waals surface area contributed by atoms with Crippen molar-refractivity contribution in [1.82, 2.24) is 0 Å². The van der Waals surface area contributed by atoms with E-state index in [4.69, 9.17) is 5.73 Å². The summed E-state index contributed by atoms with van der Waals surface area (Å²) in [5, 5.41) is 0. The molecule has 1 aromatic heterocycles. The van der Waals surface area contributed by atoms with E-state index in [2.05, 4.69) is 4.72 Å². The molecule has 0 radical (unpaired) electrons. The van der Waals surface area contributed by atoms with Gasteiger partial charge in [-0.1, -0.05) is 6.92 Å². The van der Waals surface area contributed by atoms with Crippen molar-refractivity contribution in [3.63, 3.8) is 0 Å². The third-order valence-corrected chi connectivity index (χ3v) is 5.57. The molecule has 3 N–H and O–H groups in total. The fourth-order valence-corrected chi connectivity index (χ4v) is 3.86. The Morgan fingerprint density at radius 1 is 1.32 bits per heavy atom. The first-order valence-electron chi connectivity index (χ1n) is 5.59. The molecule has 0 aliphatic rings. The highest BCUT2D eigenvalue weighted by atomic mass is 32.2. The molecular weight excluding hydrogens is 287 g/mol. The Morgan fingerprint density at radius 3 is 2.68 bits per heavy atom. The van der Waals surface area contributed by atoms with Crippen LogP contribution in [0.1, 0.15) is 11.8 Å². The number of hydrogen-bond acceptors (Lipinski definition) is 4. The minimum Gasteiger partial charge on any atom is -0.399 e. The smallest absolute Gasteiger partial charge is 0.271 e. The van der Waals surface area contributed by atoms with Crippen molar-refractivity contribution in [2.75, 3.05) is 10.5 Å². The molecule has 7 heteroatoms. The normalized spacial score (nSPS) is 11.5. The number of sulfonamides is 1. The summed E-state index contributed by atoms with van der Waals surface area (Å²) in [6, 6.07) is 7.00. The summed E-state index contributed by atoms with van der Waals surface area (Å²) in [5.74, 6) is -0.662. The first-order valence-corrected chi connectivity index (χ1v) is 7.89. The van der Waals surface area contributed by atoms with E-state index in [1.54, 1.807) is 6.07 Å². The molecule has 102 valence electrons. The molecular formula is C12H13FN2O2S2. The summed E-state index contributed by atoms with van der Waals surface area (Å²) in [6.07, 6.45) is 0.757. The molecule has 0 saturated carbocycles. The number of benzene rings is 1. The van der Waals surface area contributed by atoms with Crippen molar-refractivity contribution in [1.29, 1.82) is 0 Å². The first kappa shape index (κ1) is 13.8. The van der Waals surface area contributed by atoms with Gasteiger partial charge in [-0.15, -0.1) is 11.3 Å². The summed E-state index contributed by atoms with van der Waals surface area (Å²) < 4.78 is 40.0. The summed E-state index contributed by atoms with van der Waals surface area (Å²) in [7, 11) is -3.77. The van der Waals surface area contributed by atoms with Crippen LogP contribution >= 0.6 is 11.3 Å². The molecule has 2 rings (SSSR count). The van der Waals surface area contributed by atoms with E-state index in [0.29, 0.717) is 5.69 Å². The molecule has 4 nitrogen and oxygen atoms in total. The van der Waals surface area contributed by atoms with E-state index in [-0.39, 0.29) is 9.90 Å². The number of thiophene rings is 1. The maximum Gasteiger partial charge on any atom is 0.271 e. The molecule has 19 heavy (non-hydrogen) atoms. The fourth-order valence-electron chi connectivity index (χ4n) is 1.51. The largest absolute Gasteiger partial charge is 0.399 e. The highest BCUT2D eigenvalue weighted by molar-refractivity contribution is 7.94. The van der Waals surface area contributed by atoms with Gasteiger partial charge in [0.15, 0.2) is 0 Å². The van der Waals surface area contributed by atoms with Crippen LogP contribution in [0.15, 0.2) is 34.5 Å². The lowest BCUT2D eigenvalue weighted by atomic mass is 10.3. The van der Waals surface area contributed by atoms with E-state index in [9.17, 15) is 12.8 Å². The molecule has 1 aromatic carbocycles. The number of nitrogen functional groups attached to an aromatic ring is 1. The lowest BCUT2D eigenvalue weighted by Gasteiger charge is -2.07. The quantitative estimate of drug-likeness (QED) is 0.853. The molecule has 0 aliphatic carbocycles. The summed E-state index contributed by atoms with van der Waals surface area (Å²) in [6.45, 7) is 1.94. The maximum absolute atomic E-state index is 13.5. The number of nitrogens with two attached hydrogens (primary N) is 1. The minimum absolute atomic E-state index is 0.147. The summed E-state index contributed by atoms with van der Waals surface area (Å²) >= 11 is 1.16. The Bertz CT molecular complexity index is 696. The zero-order valence-electron chi connectivity index (χ0n) is 10.2. The van der Waals surface area contributed by atoms with Crippen molar-refractivity contribution >= 4 is 32.7 Å². The molecule has 2 aromatic rings. The average molecular weight is 300 g/mol. The van der Waals surface area contributed by atoms with Crippen LogP contribution in [0.5, 0.6) is 0 Å². The molecule has 1 heterocycles. The number of nitrogens with one attached hydrogen (secondary N) is 1. The van der Waals surface area contributed by atoms with E-state index in [0.717, 1.165) is 28.7 Å². The average Bonchev–Trinajstić information content (AvgIpc) is 2.83. The number of anilines is 2. The Kier molecular flexibility index (Phi) is 3.77. The zero-order valence-corrected chi connectivity index (χ0v) is 11.8. The van der Waals surface area contributed by atoms with Gasteiger partial charge in [-0.05, 0) is 36.8 Å². The van der Waals surface area contributed by atoms with Gasteiger partial charge < -0.3 is 5.73 Å². The van der Waals surface area contributed by atoms with Crippen LogP contribution in [0.25, 0.3) is 0 Å². The predicted molar refractivity (Wildman–Crippen MR) is 75.3 cm³/mol. The molecule has 0 aliphatic heterocycles. The van der Waals surface area contributed by atoms with Crippen molar-refractivity contribution in [2.45, 2.75) is 17.6 Å². The van der Waals surface area contributed by atoms with Gasteiger partial charge in [0.1, 0.15) is 10.0 Å². The van der Waals surface area contributed by atoms with Gasteiger partial charge in [-0.25, -0.2) is 12.8 Å². The van der Waals surface area contributed by atoms with Crippen LogP contribution in [0, 0.1) is 5.82 Å². The highest BCUT2D eigenvalue weighted by Crippen LogP contribution is 2.26. The van der Waals surface area contributed by atoms with Crippen LogP contribution in [0.3, 0.4) is 0 Å². The van der Waals surface area contributed by atoms with Gasteiger partial charge in [0.25, 0.3) is 10.0 Å². The van der Waals surface area contributed by atoms with Gasteiger partial charge in [-0.2, -0.15) is 0 Å². The van der Waals surface area contributed by atoms with Crippen molar-refractivity contribution < 1.29 is 12.8 Å². The molecule has 0 unspecified atom stereocenters. The topological polar surface area (TPSA) is 72.2 Å². The van der Waals surface area contributed by atoms with E-state index in [1.807, 2.05) is 6.92 Å². The molecule has 0 fully saturated rings. The second-order valence-corrected chi connectivity index (χ2v) is 7.00. The van der Waals surface area contributed by atoms with Gasteiger partial charge in [-0.3, -0.25) is 4.72 Å². The standard InChI is InChI=1S/C12H13FN2O2S2/c1-2-9-4-6-12(18-9)19(16,17)15-11-7-8(14)3-5-10(11)13/h3-7,15H,2,14H2,1H3. The van der Waals surface area contributed by atoms with Crippen LogP contribution in [0.4, 0.5) is 15.8 Å². The SMILES string of the molecule is CCc1ccc(S(=O)(=O)Nc2cc(N)ccc2F)s1. The second kappa shape index (κ2) is 5.18. The summed E-state index contributed by atoms with van der Waals surface area (Å²) in [4.78, 5) is 0.952. The van der Waals surface area contributed by atoms with Gasteiger partial charge in [0.05, 0.1) is 5.69 Å². The number of halogens is 1. The molecule has 0 spiro atoms. The Morgan fingerprint density at radius 2 is 2.05 bits per heavy atom. The van der Waals surface area contributed by atoms with E-state index < -0.39 is 15.8 Å². The van der Waals surface area contributed by atoms with Gasteiger partial charge in [0.2, 0.25) is 0 Å². The zero-order chi connectivity index (χ0) is 14.0. The van der Waals surface area contributed by atoms with Gasteiger partial charge in [0, 0.05) is 10.6 Å². The molecule has 0 atom stereocenters. The van der Waals surface area contributed by atoms with Crippen LogP contribution in [0.2, 0.25) is 0 Å². The Balaban J connectivity index is 2.33. The van der Waals surface area contributed by atoms with Crippen LogP contribution in [-0.4, -0.2) is 8.42 Å². The Hall–Kier alpha value is -1.60. The number of aryl methyl sites for hydroxylation is 1. The molecule has 0 amide bonds. The third-order valence-electron chi connectivity index (χ3n) is 2.49. The first-order chi connectivity index (χ1) is 8.92. The maximum atomic E-state index is 13.5. The van der Waals surface area contributed by atoms with Crippen LogP contribution in [-0.2, 0) is 16.4 Å². The summed E-state index contributed by atoms with van der Waals surface area (Å²) in [5.41, 5.74) is 5.66. The predicted octanol–water partition coefficient (Wildman–Crippen LogP) is 2.83. The number of rotatable bonds is 4. The minimum atomic E-state index is -3.77. The lowest BCUT2D eigenvalue weighted by molar-refractivity contribution is 0.600. The molecule has 0 bridgehead atoms. The second-order valence-electron chi connectivity index (χ2n) is 3.92. The van der Waals surface area contributed by atoms with Crippen molar-refractivity contribution in [3.8, 4) is 0 Å². The van der Waals surface area contributed by atoms with Crippen LogP contribution < -0.4 is 10.5 Å². The third kappa shape index (κ3) is 3.05. The van der Waals surface area contributed by atoms with E-state index >= 15 is 0 Å². The van der Waals surface area contributed by atoms with Gasteiger partial charge >= 0.3 is 0 Å². The fraction of sp³-hybridized carbons (Fsp3) is 0.167.